The molecule has 0 saturated carbocycles. The lowest BCUT2D eigenvalue weighted by atomic mass is 10.1. The van der Waals surface area contributed by atoms with Gasteiger partial charge in [0.05, 0.1) is 0 Å². The van der Waals surface area contributed by atoms with E-state index in [1.54, 1.807) is 0 Å². The van der Waals surface area contributed by atoms with E-state index in [-0.39, 0.29) is 17.8 Å². The lowest BCUT2D eigenvalue weighted by Gasteiger charge is -2.11. The van der Waals surface area contributed by atoms with Gasteiger partial charge < -0.3 is 11.1 Å². The zero-order valence-electron chi connectivity index (χ0n) is 9.37. The van der Waals surface area contributed by atoms with Crippen molar-refractivity contribution in [3.8, 4) is 0 Å². The fraction of sp³-hybridized carbons (Fsp3) is 0.417. The van der Waals surface area contributed by atoms with E-state index in [1.165, 1.54) is 24.3 Å². The highest BCUT2D eigenvalue weighted by atomic mass is 19.1. The Morgan fingerprint density at radius 2 is 2.06 bits per heavy atom. The number of hydrogen-bond acceptors (Lipinski definition) is 2. The van der Waals surface area contributed by atoms with E-state index in [1.807, 2.05) is 6.92 Å². The van der Waals surface area contributed by atoms with Crippen LogP contribution < -0.4 is 11.1 Å². The number of halogens is 1. The zero-order chi connectivity index (χ0) is 12.0. The largest absolute Gasteiger partial charge is 0.350 e. The average Bonchev–Trinajstić information content (AvgIpc) is 2.27. The highest BCUT2D eigenvalue weighted by Gasteiger charge is 2.07. The van der Waals surface area contributed by atoms with E-state index in [4.69, 9.17) is 5.73 Å². The van der Waals surface area contributed by atoms with Gasteiger partial charge in [0.15, 0.2) is 0 Å². The van der Waals surface area contributed by atoms with Gasteiger partial charge in [-0.25, -0.2) is 4.39 Å². The van der Waals surface area contributed by atoms with Crippen molar-refractivity contribution in [1.29, 1.82) is 0 Å². The first-order valence-electron chi connectivity index (χ1n) is 5.42. The maximum atomic E-state index is 12.6. The van der Waals surface area contributed by atoms with E-state index in [0.717, 1.165) is 12.8 Å². The molecule has 0 bridgehead atoms. The molecule has 0 aliphatic carbocycles. The molecule has 1 aromatic rings. The molecule has 0 radical (unpaired) electrons. The van der Waals surface area contributed by atoms with Crippen molar-refractivity contribution >= 4 is 5.91 Å². The number of carbonyl (C=O) groups excluding carboxylic acids is 1. The Bertz CT molecular complexity index is 337. The third-order valence-corrected chi connectivity index (χ3v) is 2.29. The Hall–Kier alpha value is -1.42. The summed E-state index contributed by atoms with van der Waals surface area (Å²) in [7, 11) is 0. The van der Waals surface area contributed by atoms with Crippen molar-refractivity contribution in [2.75, 3.05) is 6.54 Å². The minimum Gasteiger partial charge on any atom is -0.350 e. The van der Waals surface area contributed by atoms with Crippen molar-refractivity contribution in [3.63, 3.8) is 0 Å². The van der Waals surface area contributed by atoms with E-state index in [0.29, 0.717) is 12.1 Å². The van der Waals surface area contributed by atoms with Crippen molar-refractivity contribution in [2.24, 2.45) is 5.73 Å². The van der Waals surface area contributed by atoms with Gasteiger partial charge in [-0.2, -0.15) is 0 Å². The first kappa shape index (κ1) is 12.6. The van der Waals surface area contributed by atoms with Crippen LogP contribution in [0.4, 0.5) is 4.39 Å². The van der Waals surface area contributed by atoms with E-state index >= 15 is 0 Å². The number of amides is 1. The summed E-state index contributed by atoms with van der Waals surface area (Å²) in [6.07, 6.45) is 1.87. The molecule has 1 unspecified atom stereocenters. The first-order chi connectivity index (χ1) is 7.63. The number of carbonyl (C=O) groups is 1. The van der Waals surface area contributed by atoms with Gasteiger partial charge in [-0.05, 0) is 30.7 Å². The van der Waals surface area contributed by atoms with Crippen LogP contribution in [0, 0.1) is 5.82 Å². The van der Waals surface area contributed by atoms with Gasteiger partial charge in [0.2, 0.25) is 0 Å². The molecule has 0 spiro atoms. The van der Waals surface area contributed by atoms with Gasteiger partial charge in [-0.3, -0.25) is 4.79 Å². The number of hydrogen-bond donors (Lipinski definition) is 2. The Balaban J connectivity index is 2.43. The molecule has 3 N–H and O–H groups in total. The highest BCUT2D eigenvalue weighted by molar-refractivity contribution is 5.94. The summed E-state index contributed by atoms with van der Waals surface area (Å²) in [4.78, 5) is 11.6. The van der Waals surface area contributed by atoms with Crippen molar-refractivity contribution in [3.05, 3.63) is 35.6 Å². The van der Waals surface area contributed by atoms with Crippen LogP contribution in [0.25, 0.3) is 0 Å². The Morgan fingerprint density at radius 3 is 2.62 bits per heavy atom. The van der Waals surface area contributed by atoms with Gasteiger partial charge in [0, 0.05) is 18.2 Å². The predicted octanol–water partition coefficient (Wildman–Crippen LogP) is 1.68. The summed E-state index contributed by atoms with van der Waals surface area (Å²) >= 11 is 0. The predicted molar refractivity (Wildman–Crippen MR) is 61.6 cm³/mol. The van der Waals surface area contributed by atoms with Crippen LogP contribution in [0.3, 0.4) is 0 Å². The van der Waals surface area contributed by atoms with Crippen LogP contribution in [-0.4, -0.2) is 18.5 Å². The summed E-state index contributed by atoms with van der Waals surface area (Å²) in [6.45, 7) is 2.49. The molecule has 1 rings (SSSR count). The molecule has 0 aliphatic rings. The molecular formula is C12H17FN2O. The lowest BCUT2D eigenvalue weighted by molar-refractivity contribution is 0.0950. The Labute approximate surface area is 94.8 Å². The Kier molecular flexibility index (Phi) is 4.92. The van der Waals surface area contributed by atoms with Gasteiger partial charge in [0.25, 0.3) is 5.91 Å². The molecule has 0 heterocycles. The summed E-state index contributed by atoms with van der Waals surface area (Å²) in [5, 5.41) is 2.72. The van der Waals surface area contributed by atoms with Crippen molar-refractivity contribution < 1.29 is 9.18 Å². The van der Waals surface area contributed by atoms with Crippen LogP contribution >= 0.6 is 0 Å². The van der Waals surface area contributed by atoms with Crippen LogP contribution in [-0.2, 0) is 0 Å². The number of rotatable bonds is 5. The second-order valence-corrected chi connectivity index (χ2v) is 3.77. The second-order valence-electron chi connectivity index (χ2n) is 3.77. The van der Waals surface area contributed by atoms with Gasteiger partial charge >= 0.3 is 0 Å². The number of nitrogens with two attached hydrogens (primary N) is 1. The lowest BCUT2D eigenvalue weighted by Crippen LogP contribution is -2.37. The minimum atomic E-state index is -0.348. The maximum Gasteiger partial charge on any atom is 0.251 e. The second kappa shape index (κ2) is 6.23. The van der Waals surface area contributed by atoms with E-state index < -0.39 is 0 Å². The van der Waals surface area contributed by atoms with Crippen LogP contribution in [0.5, 0.6) is 0 Å². The molecule has 1 atom stereocenters. The molecule has 0 saturated heterocycles. The molecule has 0 fully saturated rings. The number of nitrogens with one attached hydrogen (secondary N) is 1. The van der Waals surface area contributed by atoms with E-state index in [9.17, 15) is 9.18 Å². The molecule has 1 amide bonds. The molecule has 16 heavy (non-hydrogen) atoms. The molecule has 0 aromatic heterocycles. The third kappa shape index (κ3) is 3.98. The quantitative estimate of drug-likeness (QED) is 0.799. The topological polar surface area (TPSA) is 55.1 Å². The normalized spacial score (nSPS) is 12.2. The third-order valence-electron chi connectivity index (χ3n) is 2.29. The monoisotopic (exact) mass is 224 g/mol. The number of benzene rings is 1. The zero-order valence-corrected chi connectivity index (χ0v) is 9.37. The molecule has 3 nitrogen and oxygen atoms in total. The van der Waals surface area contributed by atoms with Crippen LogP contribution in [0.15, 0.2) is 24.3 Å². The maximum absolute atomic E-state index is 12.6. The summed E-state index contributed by atoms with van der Waals surface area (Å²) < 4.78 is 12.6. The standard InChI is InChI=1S/C12H17FN2O/c1-2-3-11(14)8-15-12(16)9-4-6-10(13)7-5-9/h4-7,11H,2-3,8,14H2,1H3,(H,15,16). The summed E-state index contributed by atoms with van der Waals surface area (Å²) in [5.74, 6) is -0.564. The first-order valence-corrected chi connectivity index (χ1v) is 5.42. The fourth-order valence-electron chi connectivity index (χ4n) is 1.40. The highest BCUT2D eigenvalue weighted by Crippen LogP contribution is 2.02. The smallest absolute Gasteiger partial charge is 0.251 e. The van der Waals surface area contributed by atoms with Gasteiger partial charge in [-0.15, -0.1) is 0 Å². The Morgan fingerprint density at radius 1 is 1.44 bits per heavy atom. The summed E-state index contributed by atoms with van der Waals surface area (Å²) in [6, 6.07) is 5.42. The fourth-order valence-corrected chi connectivity index (χ4v) is 1.40. The van der Waals surface area contributed by atoms with Crippen molar-refractivity contribution in [2.45, 2.75) is 25.8 Å². The van der Waals surface area contributed by atoms with Crippen LogP contribution in [0.2, 0.25) is 0 Å². The molecular weight excluding hydrogens is 207 g/mol. The molecule has 4 heteroatoms. The summed E-state index contributed by atoms with van der Waals surface area (Å²) in [5.41, 5.74) is 6.21. The van der Waals surface area contributed by atoms with Gasteiger partial charge in [-0.1, -0.05) is 13.3 Å². The molecule has 88 valence electrons. The van der Waals surface area contributed by atoms with E-state index in [2.05, 4.69) is 5.32 Å². The van der Waals surface area contributed by atoms with Crippen molar-refractivity contribution in [1.82, 2.24) is 5.32 Å². The minimum absolute atomic E-state index is 0.0191. The van der Waals surface area contributed by atoms with Gasteiger partial charge in [0.1, 0.15) is 5.82 Å². The molecule has 0 aliphatic heterocycles. The average molecular weight is 224 g/mol. The van der Waals surface area contributed by atoms with Crippen LogP contribution in [0.1, 0.15) is 30.1 Å². The molecule has 1 aromatic carbocycles. The SMILES string of the molecule is CCCC(N)CNC(=O)c1ccc(F)cc1.